The second-order valence-electron chi connectivity index (χ2n) is 2.73. The van der Waals surface area contributed by atoms with Crippen LogP contribution in [0.3, 0.4) is 0 Å². The largest absolute Gasteiger partial charge is 0.385 e. The van der Waals surface area contributed by atoms with Crippen molar-refractivity contribution in [3.8, 4) is 0 Å². The molecule has 2 aromatic rings. The van der Waals surface area contributed by atoms with E-state index in [9.17, 15) is 4.79 Å². The summed E-state index contributed by atoms with van der Waals surface area (Å²) in [5.41, 5.74) is 0.742. The zero-order valence-corrected chi connectivity index (χ0v) is 7.57. The smallest absolute Gasteiger partial charge is 0.193 e. The Morgan fingerprint density at radius 2 is 2.62 bits per heavy atom. The maximum absolute atomic E-state index is 10.2. The summed E-state index contributed by atoms with van der Waals surface area (Å²) in [4.78, 5) is 15.3. The summed E-state index contributed by atoms with van der Waals surface area (Å²) in [7, 11) is 0. The zero-order chi connectivity index (χ0) is 9.26. The summed E-state index contributed by atoms with van der Waals surface area (Å²) in [6, 6.07) is 0. The van der Waals surface area contributed by atoms with E-state index in [4.69, 9.17) is 5.11 Å². The molecule has 0 bridgehead atoms. The average Bonchev–Trinajstić information content (AvgIpc) is 2.63. The van der Waals surface area contributed by atoms with Gasteiger partial charge in [-0.2, -0.15) is 0 Å². The molecular formula is C8H8N2O2S. The summed E-state index contributed by atoms with van der Waals surface area (Å²) < 4.78 is 1.87. The van der Waals surface area contributed by atoms with Gasteiger partial charge < -0.3 is 9.90 Å². The molecular weight excluding hydrogens is 188 g/mol. The number of nitrogens with zero attached hydrogens (tertiary/aromatic N) is 2. The lowest BCUT2D eigenvalue weighted by Gasteiger charge is -1.96. The minimum Gasteiger partial charge on any atom is -0.385 e. The van der Waals surface area contributed by atoms with Crippen LogP contribution < -0.4 is 0 Å². The van der Waals surface area contributed by atoms with Gasteiger partial charge in [-0.1, -0.05) is 0 Å². The third-order valence-corrected chi connectivity index (χ3v) is 2.49. The third kappa shape index (κ3) is 1.61. The molecule has 0 saturated carbocycles. The van der Waals surface area contributed by atoms with Crippen molar-refractivity contribution in [2.24, 2.45) is 0 Å². The molecule has 0 amide bonds. The van der Waals surface area contributed by atoms with E-state index in [0.29, 0.717) is 6.29 Å². The van der Waals surface area contributed by atoms with Crippen molar-refractivity contribution in [2.45, 2.75) is 12.5 Å². The lowest BCUT2D eigenvalue weighted by Crippen LogP contribution is -2.11. The molecule has 13 heavy (non-hydrogen) atoms. The summed E-state index contributed by atoms with van der Waals surface area (Å²) in [6.45, 7) is 0. The number of hydrogen-bond acceptors (Lipinski definition) is 4. The number of aliphatic hydroxyl groups is 1. The minimum absolute atomic E-state index is 0.290. The van der Waals surface area contributed by atoms with Crippen molar-refractivity contribution in [1.29, 1.82) is 0 Å². The fraction of sp³-hybridized carbons (Fsp3) is 0.250. The van der Waals surface area contributed by atoms with Crippen molar-refractivity contribution in [1.82, 2.24) is 9.38 Å². The topological polar surface area (TPSA) is 54.6 Å². The number of thiazole rings is 1. The van der Waals surface area contributed by atoms with E-state index in [1.807, 2.05) is 22.2 Å². The minimum atomic E-state index is -0.940. The summed E-state index contributed by atoms with van der Waals surface area (Å²) >= 11 is 1.52. The van der Waals surface area contributed by atoms with Crippen LogP contribution in [0.25, 0.3) is 4.96 Å². The SMILES string of the molecule is O=CC(O)Cc1cn2ccsc2n1. The Morgan fingerprint density at radius 1 is 1.77 bits per heavy atom. The van der Waals surface area contributed by atoms with E-state index in [1.54, 1.807) is 0 Å². The highest BCUT2D eigenvalue weighted by atomic mass is 32.1. The number of rotatable bonds is 3. The van der Waals surface area contributed by atoms with Gasteiger partial charge in [0.25, 0.3) is 0 Å². The van der Waals surface area contributed by atoms with E-state index in [1.165, 1.54) is 11.3 Å². The first-order valence-corrected chi connectivity index (χ1v) is 4.72. The van der Waals surface area contributed by atoms with Crippen LogP contribution in [0.1, 0.15) is 5.69 Å². The molecule has 4 nitrogen and oxygen atoms in total. The van der Waals surface area contributed by atoms with E-state index in [-0.39, 0.29) is 6.42 Å². The van der Waals surface area contributed by atoms with Crippen molar-refractivity contribution >= 4 is 22.6 Å². The Morgan fingerprint density at radius 3 is 3.31 bits per heavy atom. The Kier molecular flexibility index (Phi) is 2.12. The van der Waals surface area contributed by atoms with Gasteiger partial charge in [-0.3, -0.25) is 4.40 Å². The molecule has 1 unspecified atom stereocenters. The van der Waals surface area contributed by atoms with Crippen LogP contribution >= 0.6 is 11.3 Å². The van der Waals surface area contributed by atoms with Gasteiger partial charge in [0.15, 0.2) is 4.96 Å². The fourth-order valence-corrected chi connectivity index (χ4v) is 1.86. The van der Waals surface area contributed by atoms with E-state index in [0.717, 1.165) is 10.7 Å². The summed E-state index contributed by atoms with van der Waals surface area (Å²) in [5.74, 6) is 0. The number of aldehydes is 1. The maximum Gasteiger partial charge on any atom is 0.193 e. The fourth-order valence-electron chi connectivity index (χ4n) is 1.14. The molecule has 1 atom stereocenters. The van der Waals surface area contributed by atoms with Gasteiger partial charge in [-0.25, -0.2) is 4.98 Å². The van der Waals surface area contributed by atoms with Crippen molar-refractivity contribution in [3.05, 3.63) is 23.5 Å². The van der Waals surface area contributed by atoms with Crippen LogP contribution in [-0.4, -0.2) is 26.9 Å². The van der Waals surface area contributed by atoms with Crippen LogP contribution in [0.5, 0.6) is 0 Å². The average molecular weight is 196 g/mol. The summed E-state index contributed by atoms with van der Waals surface area (Å²) in [5, 5.41) is 11.0. The Hall–Kier alpha value is -1.20. The molecule has 1 N–H and O–H groups in total. The van der Waals surface area contributed by atoms with Gasteiger partial charge in [-0.15, -0.1) is 11.3 Å². The van der Waals surface area contributed by atoms with Crippen LogP contribution in [0.2, 0.25) is 0 Å². The number of fused-ring (bicyclic) bond motifs is 1. The first kappa shape index (κ1) is 8.40. The standard InChI is InChI=1S/C8H8N2O2S/c11-5-7(12)3-6-4-10-1-2-13-8(10)9-6/h1-2,4-5,7,12H,3H2. The molecule has 68 valence electrons. The molecule has 0 radical (unpaired) electrons. The first-order chi connectivity index (χ1) is 6.29. The highest BCUT2D eigenvalue weighted by Crippen LogP contribution is 2.12. The van der Waals surface area contributed by atoms with Crippen molar-refractivity contribution < 1.29 is 9.90 Å². The van der Waals surface area contributed by atoms with Crippen LogP contribution in [0, 0.1) is 0 Å². The Bertz CT molecular complexity index is 392. The monoisotopic (exact) mass is 196 g/mol. The van der Waals surface area contributed by atoms with Gasteiger partial charge in [-0.05, 0) is 0 Å². The molecule has 2 aromatic heterocycles. The molecule has 0 aliphatic heterocycles. The molecule has 0 aliphatic rings. The number of aromatic nitrogens is 2. The molecule has 0 aliphatic carbocycles. The van der Waals surface area contributed by atoms with Crippen molar-refractivity contribution in [2.75, 3.05) is 0 Å². The van der Waals surface area contributed by atoms with E-state index < -0.39 is 6.10 Å². The number of aliphatic hydroxyl groups excluding tert-OH is 1. The Balaban J connectivity index is 2.24. The zero-order valence-electron chi connectivity index (χ0n) is 6.75. The van der Waals surface area contributed by atoms with E-state index >= 15 is 0 Å². The highest BCUT2D eigenvalue weighted by Gasteiger charge is 2.07. The second-order valence-corrected chi connectivity index (χ2v) is 3.61. The third-order valence-electron chi connectivity index (χ3n) is 1.72. The van der Waals surface area contributed by atoms with Gasteiger partial charge >= 0.3 is 0 Å². The number of imidazole rings is 1. The van der Waals surface area contributed by atoms with E-state index in [2.05, 4.69) is 4.98 Å². The van der Waals surface area contributed by atoms with Gasteiger partial charge in [0.1, 0.15) is 12.4 Å². The number of hydrogen-bond donors (Lipinski definition) is 1. The lowest BCUT2D eigenvalue weighted by atomic mass is 10.2. The molecule has 2 rings (SSSR count). The molecule has 0 fully saturated rings. The summed E-state index contributed by atoms with van der Waals surface area (Å²) in [6.07, 6.45) is 3.58. The highest BCUT2D eigenvalue weighted by molar-refractivity contribution is 7.15. The Labute approximate surface area is 78.5 Å². The molecule has 0 spiro atoms. The van der Waals surface area contributed by atoms with Crippen LogP contribution in [-0.2, 0) is 11.2 Å². The molecule has 0 aromatic carbocycles. The maximum atomic E-state index is 10.2. The van der Waals surface area contributed by atoms with Crippen LogP contribution in [0.15, 0.2) is 17.8 Å². The quantitative estimate of drug-likeness (QED) is 0.727. The first-order valence-electron chi connectivity index (χ1n) is 3.84. The van der Waals surface area contributed by atoms with Gasteiger partial charge in [0.05, 0.1) is 5.69 Å². The molecule has 0 saturated heterocycles. The second kappa shape index (κ2) is 3.27. The lowest BCUT2D eigenvalue weighted by molar-refractivity contribution is -0.114. The number of carbonyl (C=O) groups excluding carboxylic acids is 1. The molecule has 2 heterocycles. The van der Waals surface area contributed by atoms with Gasteiger partial charge in [0, 0.05) is 24.2 Å². The normalized spacial score (nSPS) is 13.3. The predicted molar refractivity (Wildman–Crippen MR) is 48.8 cm³/mol. The van der Waals surface area contributed by atoms with Gasteiger partial charge in [0.2, 0.25) is 0 Å². The van der Waals surface area contributed by atoms with Crippen molar-refractivity contribution in [3.63, 3.8) is 0 Å². The predicted octanol–water partition coefficient (Wildman–Crippen LogP) is 0.498. The van der Waals surface area contributed by atoms with Crippen LogP contribution in [0.4, 0.5) is 0 Å². The molecule has 5 heteroatoms. The number of carbonyl (C=O) groups is 1.